The van der Waals surface area contributed by atoms with Crippen LogP contribution in [0.2, 0.25) is 5.02 Å². The van der Waals surface area contributed by atoms with Crippen LogP contribution < -0.4 is 16.4 Å². The minimum Gasteiger partial charge on any atom is -0.456 e. The highest BCUT2D eigenvalue weighted by Crippen LogP contribution is 2.24. The average Bonchev–Trinajstić information content (AvgIpc) is 3.05. The molecular weight excluding hydrogens is 392 g/mol. The number of nitrogens with two attached hydrogens (primary N) is 1. The van der Waals surface area contributed by atoms with Gasteiger partial charge in [0.25, 0.3) is 11.8 Å². The van der Waals surface area contributed by atoms with Crippen LogP contribution in [-0.2, 0) is 25.7 Å². The Kier molecular flexibility index (Phi) is 5.54. The Labute approximate surface area is 163 Å². The highest BCUT2D eigenvalue weighted by atomic mass is 35.5. The number of nitrogens with one attached hydrogen (secondary N) is 2. The lowest BCUT2D eigenvalue weighted by molar-refractivity contribution is -0.149. The molecule has 146 valence electrons. The first-order chi connectivity index (χ1) is 13.3. The van der Waals surface area contributed by atoms with Crippen molar-refractivity contribution in [2.45, 2.75) is 13.0 Å². The minimum atomic E-state index is -0.770. The van der Waals surface area contributed by atoms with E-state index in [4.69, 9.17) is 22.1 Å². The lowest BCUT2D eigenvalue weighted by Crippen LogP contribution is -2.36. The maximum atomic E-state index is 12.2. The molecular formula is C16H15ClN6O5. The normalized spacial score (nSPS) is 15.3. The van der Waals surface area contributed by atoms with E-state index in [9.17, 15) is 19.2 Å². The topological polar surface area (TPSA) is 158 Å². The number of anilines is 2. The number of pyridine rings is 1. The number of esters is 1. The third kappa shape index (κ3) is 4.43. The lowest BCUT2D eigenvalue weighted by Gasteiger charge is -2.23. The van der Waals surface area contributed by atoms with Crippen molar-refractivity contribution in [3.05, 3.63) is 35.4 Å². The van der Waals surface area contributed by atoms with Gasteiger partial charge in [-0.1, -0.05) is 11.6 Å². The summed E-state index contributed by atoms with van der Waals surface area (Å²) in [5, 5.41) is 5.36. The Bertz CT molecular complexity index is 942. The summed E-state index contributed by atoms with van der Waals surface area (Å²) in [4.78, 5) is 54.9. The van der Waals surface area contributed by atoms with Crippen molar-refractivity contribution in [3.63, 3.8) is 0 Å². The third-order valence-electron chi connectivity index (χ3n) is 3.87. The van der Waals surface area contributed by atoms with Gasteiger partial charge >= 0.3 is 5.97 Å². The number of hydrogen-bond donors (Lipinski definition) is 3. The molecule has 3 amide bonds. The fourth-order valence-electron chi connectivity index (χ4n) is 2.56. The molecule has 3 heterocycles. The molecule has 0 radical (unpaired) electrons. The molecule has 1 aliphatic heterocycles. The van der Waals surface area contributed by atoms with Gasteiger partial charge < -0.3 is 25.7 Å². The summed E-state index contributed by atoms with van der Waals surface area (Å²) in [5.41, 5.74) is 5.13. The number of aromatic nitrogens is 3. The summed E-state index contributed by atoms with van der Waals surface area (Å²) in [6.07, 6.45) is 2.46. The van der Waals surface area contributed by atoms with Crippen molar-refractivity contribution in [1.29, 1.82) is 0 Å². The third-order valence-corrected chi connectivity index (χ3v) is 4.10. The number of halogens is 1. The van der Waals surface area contributed by atoms with Crippen LogP contribution in [0.3, 0.4) is 0 Å². The molecule has 0 saturated heterocycles. The molecule has 0 spiro atoms. The molecule has 3 rings (SSSR count). The van der Waals surface area contributed by atoms with Gasteiger partial charge in [-0.25, -0.2) is 9.97 Å². The van der Waals surface area contributed by atoms with Gasteiger partial charge in [0, 0.05) is 12.7 Å². The Morgan fingerprint density at radius 1 is 1.36 bits per heavy atom. The molecule has 1 aliphatic rings. The van der Waals surface area contributed by atoms with Crippen molar-refractivity contribution in [2.75, 3.05) is 17.2 Å². The molecule has 1 unspecified atom stereocenters. The highest BCUT2D eigenvalue weighted by molar-refractivity contribution is 6.30. The molecule has 4 N–H and O–H groups in total. The quantitative estimate of drug-likeness (QED) is 0.576. The van der Waals surface area contributed by atoms with E-state index in [0.717, 1.165) is 0 Å². The van der Waals surface area contributed by atoms with Crippen molar-refractivity contribution in [3.8, 4) is 0 Å². The van der Waals surface area contributed by atoms with Crippen molar-refractivity contribution < 1.29 is 23.9 Å². The average molecular weight is 407 g/mol. The Morgan fingerprint density at radius 2 is 2.14 bits per heavy atom. The van der Waals surface area contributed by atoms with E-state index in [1.165, 1.54) is 23.2 Å². The summed E-state index contributed by atoms with van der Waals surface area (Å²) < 4.78 is 6.41. The molecule has 0 bridgehead atoms. The van der Waals surface area contributed by atoms with Crippen LogP contribution in [-0.4, -0.2) is 44.8 Å². The molecule has 0 aromatic carbocycles. The second kappa shape index (κ2) is 8.05. The molecule has 2 aromatic heterocycles. The van der Waals surface area contributed by atoms with Gasteiger partial charge in [0.15, 0.2) is 12.3 Å². The van der Waals surface area contributed by atoms with Gasteiger partial charge in [-0.15, -0.1) is 0 Å². The molecule has 0 aliphatic carbocycles. The van der Waals surface area contributed by atoms with Crippen LogP contribution in [0.1, 0.15) is 16.9 Å². The zero-order valence-electron chi connectivity index (χ0n) is 14.3. The number of carbonyl (C=O) groups is 4. The largest absolute Gasteiger partial charge is 0.456 e. The number of rotatable bonds is 6. The van der Waals surface area contributed by atoms with Gasteiger partial charge in [-0.05, 0) is 12.1 Å². The number of ether oxygens (including phenoxy) is 1. The smallest absolute Gasteiger partial charge is 0.307 e. The maximum absolute atomic E-state index is 12.2. The predicted molar refractivity (Wildman–Crippen MR) is 96.3 cm³/mol. The van der Waals surface area contributed by atoms with Crippen LogP contribution >= 0.6 is 11.6 Å². The fraction of sp³-hybridized carbons (Fsp3) is 0.250. The van der Waals surface area contributed by atoms with Crippen LogP contribution in [0, 0.1) is 5.92 Å². The van der Waals surface area contributed by atoms with E-state index in [-0.39, 0.29) is 30.3 Å². The zero-order valence-corrected chi connectivity index (χ0v) is 15.1. The first-order valence-corrected chi connectivity index (χ1v) is 8.44. The number of carbonyl (C=O) groups excluding carboxylic acids is 4. The standard InChI is InChI=1S/C16H15ClN6O5/c17-9-1-2-10(19-4-9)21-11(24)6-28-12(25)3-8-5-23-7-20-13(14(18)26)15(23)22-16(8)27/h1-2,4,7-8H,3,5-6H2,(H2,18,26)(H,22,27)(H,19,21,24). The predicted octanol–water partition coefficient (Wildman–Crippen LogP) is 0.171. The number of nitrogens with zero attached hydrogens (tertiary/aromatic N) is 3. The fourth-order valence-corrected chi connectivity index (χ4v) is 2.68. The van der Waals surface area contributed by atoms with E-state index in [2.05, 4.69) is 20.6 Å². The first-order valence-electron chi connectivity index (χ1n) is 8.06. The van der Waals surface area contributed by atoms with Crippen LogP contribution in [0.15, 0.2) is 24.7 Å². The lowest BCUT2D eigenvalue weighted by atomic mass is 10.0. The molecule has 28 heavy (non-hydrogen) atoms. The van der Waals surface area contributed by atoms with Crippen molar-refractivity contribution >= 4 is 46.9 Å². The van der Waals surface area contributed by atoms with Crippen LogP contribution in [0.5, 0.6) is 0 Å². The number of fused-ring (bicyclic) bond motifs is 1. The number of amides is 3. The summed E-state index contributed by atoms with van der Waals surface area (Å²) >= 11 is 5.70. The first kappa shape index (κ1) is 19.3. The molecule has 1 atom stereocenters. The zero-order chi connectivity index (χ0) is 20.3. The van der Waals surface area contributed by atoms with Gasteiger partial charge in [0.05, 0.1) is 23.7 Å². The summed E-state index contributed by atoms with van der Waals surface area (Å²) in [5.74, 6) is -2.84. The monoisotopic (exact) mass is 406 g/mol. The van der Waals surface area contributed by atoms with E-state index >= 15 is 0 Å². The van der Waals surface area contributed by atoms with Gasteiger partial charge in [-0.3, -0.25) is 19.2 Å². The summed E-state index contributed by atoms with van der Waals surface area (Å²) in [6.45, 7) is -0.406. The van der Waals surface area contributed by atoms with E-state index in [1.807, 2.05) is 0 Å². The molecule has 12 heteroatoms. The minimum absolute atomic E-state index is 0.0538. The summed E-state index contributed by atoms with van der Waals surface area (Å²) in [6, 6.07) is 3.04. The number of primary amides is 1. The van der Waals surface area contributed by atoms with Crippen LogP contribution in [0.25, 0.3) is 0 Å². The Balaban J connectivity index is 1.50. The molecule has 11 nitrogen and oxygen atoms in total. The van der Waals surface area contributed by atoms with Gasteiger partial charge in [-0.2, -0.15) is 0 Å². The SMILES string of the molecule is NC(=O)c1ncn2c1NC(=O)C(CC(=O)OCC(=O)Nc1ccc(Cl)cn1)C2. The van der Waals surface area contributed by atoms with Crippen molar-refractivity contribution in [1.82, 2.24) is 14.5 Å². The van der Waals surface area contributed by atoms with Crippen LogP contribution in [0.4, 0.5) is 11.6 Å². The number of hydrogen-bond acceptors (Lipinski definition) is 7. The Hall–Kier alpha value is -3.47. The molecule has 2 aromatic rings. The van der Waals surface area contributed by atoms with E-state index in [0.29, 0.717) is 5.02 Å². The summed E-state index contributed by atoms with van der Waals surface area (Å²) in [7, 11) is 0. The molecule has 0 saturated carbocycles. The van der Waals surface area contributed by atoms with E-state index < -0.39 is 36.2 Å². The van der Waals surface area contributed by atoms with Crippen molar-refractivity contribution in [2.24, 2.45) is 11.7 Å². The maximum Gasteiger partial charge on any atom is 0.307 e. The Morgan fingerprint density at radius 3 is 2.82 bits per heavy atom. The second-order valence-electron chi connectivity index (χ2n) is 5.92. The van der Waals surface area contributed by atoms with E-state index in [1.54, 1.807) is 6.07 Å². The molecule has 0 fully saturated rings. The second-order valence-corrected chi connectivity index (χ2v) is 6.36. The number of imidazole rings is 1. The van der Waals surface area contributed by atoms with Gasteiger partial charge in [0.2, 0.25) is 5.91 Å². The highest BCUT2D eigenvalue weighted by Gasteiger charge is 2.31. The van der Waals surface area contributed by atoms with Gasteiger partial charge in [0.1, 0.15) is 11.6 Å².